The van der Waals surface area contributed by atoms with Gasteiger partial charge in [-0.2, -0.15) is 0 Å². The standard InChI is InChI=1S/C39H57ClN4O5S/c1-27-10-9-18-39(48-6,26-43-24-38(3,25-43)42(4)5)34-16-13-31(34)22-44-19-8-7-11-29-20-33(40)15-12-32(29)23-49-36-17-14-30(21-35(36)44)37(45)41-50(46,47)28(27)2/h12,14-15,17,20-21,27-28,31,34H,7-11,13,16,18-19,22-26H2,1-6H3,(H,41,45)/t27-,28+,31-,34+,39-/m0/s1. The quantitative estimate of drug-likeness (QED) is 0.388. The van der Waals surface area contributed by atoms with Crippen molar-refractivity contribution in [2.75, 3.05) is 58.8 Å². The summed E-state index contributed by atoms with van der Waals surface area (Å²) in [7, 11) is 2.29. The molecule has 2 aromatic rings. The third-order valence-corrected chi connectivity index (χ3v) is 14.8. The number of aryl methyl sites for hydroxylation is 1. The van der Waals surface area contributed by atoms with E-state index in [9.17, 15) is 13.2 Å². The Morgan fingerprint density at radius 1 is 1.04 bits per heavy atom. The maximum atomic E-state index is 13.6. The van der Waals surface area contributed by atoms with Gasteiger partial charge < -0.3 is 19.3 Å². The molecule has 0 unspecified atom stereocenters. The van der Waals surface area contributed by atoms with Crippen molar-refractivity contribution in [3.8, 4) is 5.75 Å². The number of carbonyl (C=O) groups is 1. The predicted molar refractivity (Wildman–Crippen MR) is 201 cm³/mol. The Labute approximate surface area is 305 Å². The Morgan fingerprint density at radius 3 is 2.52 bits per heavy atom. The highest BCUT2D eigenvalue weighted by atomic mass is 35.5. The van der Waals surface area contributed by atoms with Crippen LogP contribution in [-0.4, -0.2) is 94.4 Å². The van der Waals surface area contributed by atoms with Crippen molar-refractivity contribution in [3.05, 3.63) is 58.1 Å². The number of nitrogens with zero attached hydrogens (tertiary/aromatic N) is 3. The molecule has 9 nitrogen and oxygen atoms in total. The molecule has 4 aliphatic rings. The first kappa shape index (κ1) is 37.4. The molecule has 276 valence electrons. The van der Waals surface area contributed by atoms with Crippen molar-refractivity contribution >= 4 is 33.2 Å². The molecule has 0 radical (unpaired) electrons. The smallest absolute Gasteiger partial charge is 0.264 e. The molecule has 1 saturated heterocycles. The van der Waals surface area contributed by atoms with Crippen molar-refractivity contribution in [2.45, 2.75) is 95.1 Å². The molecule has 5 atom stereocenters. The van der Waals surface area contributed by atoms with E-state index in [1.165, 1.54) is 5.56 Å². The van der Waals surface area contributed by atoms with Crippen LogP contribution in [0.4, 0.5) is 5.69 Å². The fraction of sp³-hybridized carbons (Fsp3) is 0.667. The average molecular weight is 729 g/mol. The molecule has 1 aliphatic carbocycles. The largest absolute Gasteiger partial charge is 0.487 e. The summed E-state index contributed by atoms with van der Waals surface area (Å²) in [4.78, 5) is 20.9. The summed E-state index contributed by atoms with van der Waals surface area (Å²) in [5, 5.41) is -0.00108. The number of hydrogen-bond acceptors (Lipinski definition) is 8. The fourth-order valence-corrected chi connectivity index (χ4v) is 10.3. The minimum atomic E-state index is -3.91. The third-order valence-electron chi connectivity index (χ3n) is 12.7. The van der Waals surface area contributed by atoms with Gasteiger partial charge in [0.15, 0.2) is 0 Å². The highest BCUT2D eigenvalue weighted by Gasteiger charge is 2.52. The molecule has 1 N–H and O–H groups in total. The molecule has 3 aliphatic heterocycles. The van der Waals surface area contributed by atoms with Gasteiger partial charge in [0.1, 0.15) is 12.4 Å². The lowest BCUT2D eigenvalue weighted by Crippen LogP contribution is -2.70. The first-order chi connectivity index (χ1) is 23.7. The Bertz CT molecular complexity index is 1650. The molecule has 50 heavy (non-hydrogen) atoms. The fourth-order valence-electron chi connectivity index (χ4n) is 8.78. The molecule has 11 heteroatoms. The highest BCUT2D eigenvalue weighted by Crippen LogP contribution is 2.48. The maximum Gasteiger partial charge on any atom is 0.264 e. The first-order valence-electron chi connectivity index (χ1n) is 18.5. The van der Waals surface area contributed by atoms with Crippen LogP contribution in [0, 0.1) is 17.8 Å². The summed E-state index contributed by atoms with van der Waals surface area (Å²) >= 11 is 6.40. The highest BCUT2D eigenvalue weighted by molar-refractivity contribution is 7.90. The van der Waals surface area contributed by atoms with Crippen LogP contribution >= 0.6 is 11.6 Å². The van der Waals surface area contributed by atoms with Crippen LogP contribution in [-0.2, 0) is 27.8 Å². The number of ether oxygens (including phenoxy) is 2. The molecule has 2 bridgehead atoms. The second-order valence-electron chi connectivity index (χ2n) is 16.1. The SMILES string of the molecule is CO[C@]1(CN2CC(C)(N(C)C)C2)CCC[C@H](C)[C@@H](C)S(=O)(=O)NC(=O)c2ccc3c(c2)N(CCCCc2cc(Cl)ccc2CO3)C[C@@H]2CC[C@H]21. The van der Waals surface area contributed by atoms with Gasteiger partial charge in [0.2, 0.25) is 10.0 Å². The Balaban J connectivity index is 1.37. The van der Waals surface area contributed by atoms with Gasteiger partial charge in [-0.05, 0) is 132 Å². The van der Waals surface area contributed by atoms with E-state index in [4.69, 9.17) is 21.1 Å². The van der Waals surface area contributed by atoms with E-state index in [0.717, 1.165) is 100 Å². The van der Waals surface area contributed by atoms with Gasteiger partial charge in [-0.1, -0.05) is 31.0 Å². The lowest BCUT2D eigenvalue weighted by atomic mass is 9.62. The van der Waals surface area contributed by atoms with E-state index in [0.29, 0.717) is 29.8 Å². The normalized spacial score (nSPS) is 30.4. The second-order valence-corrected chi connectivity index (χ2v) is 18.6. The maximum absolute atomic E-state index is 13.6. The van der Waals surface area contributed by atoms with Gasteiger partial charge in [0.05, 0.1) is 16.5 Å². The number of nitrogens with one attached hydrogen (secondary N) is 1. The van der Waals surface area contributed by atoms with Gasteiger partial charge in [-0.15, -0.1) is 0 Å². The van der Waals surface area contributed by atoms with Crippen LogP contribution in [0.5, 0.6) is 5.75 Å². The average Bonchev–Trinajstić information content (AvgIpc) is 3.07. The van der Waals surface area contributed by atoms with Gasteiger partial charge >= 0.3 is 0 Å². The summed E-state index contributed by atoms with van der Waals surface area (Å²) in [5.74, 6) is 0.728. The van der Waals surface area contributed by atoms with Gasteiger partial charge in [-0.25, -0.2) is 13.1 Å². The van der Waals surface area contributed by atoms with Crippen molar-refractivity contribution < 1.29 is 22.7 Å². The molecule has 6 rings (SSSR count). The number of benzene rings is 2. The number of amides is 1. The van der Waals surface area contributed by atoms with E-state index < -0.39 is 21.2 Å². The lowest BCUT2D eigenvalue weighted by Gasteiger charge is -2.58. The molecule has 1 saturated carbocycles. The van der Waals surface area contributed by atoms with Crippen LogP contribution in [0.15, 0.2) is 36.4 Å². The zero-order chi connectivity index (χ0) is 35.8. The molecule has 0 spiro atoms. The van der Waals surface area contributed by atoms with E-state index in [1.807, 2.05) is 44.4 Å². The van der Waals surface area contributed by atoms with E-state index >= 15 is 0 Å². The monoisotopic (exact) mass is 728 g/mol. The zero-order valence-electron chi connectivity index (χ0n) is 30.8. The number of halogens is 1. The van der Waals surface area contributed by atoms with Crippen LogP contribution in [0.1, 0.15) is 87.2 Å². The number of sulfonamides is 1. The van der Waals surface area contributed by atoms with Gasteiger partial charge in [0, 0.05) is 56.0 Å². The summed E-state index contributed by atoms with van der Waals surface area (Å²) < 4.78 is 42.7. The molecule has 3 heterocycles. The van der Waals surface area contributed by atoms with Crippen molar-refractivity contribution in [3.63, 3.8) is 0 Å². The van der Waals surface area contributed by atoms with Crippen LogP contribution in [0.25, 0.3) is 0 Å². The topological polar surface area (TPSA) is 91.4 Å². The first-order valence-corrected chi connectivity index (χ1v) is 20.5. The van der Waals surface area contributed by atoms with Crippen molar-refractivity contribution in [1.82, 2.24) is 14.5 Å². The minimum Gasteiger partial charge on any atom is -0.487 e. The third kappa shape index (κ3) is 7.70. The van der Waals surface area contributed by atoms with Crippen molar-refractivity contribution in [1.29, 1.82) is 0 Å². The zero-order valence-corrected chi connectivity index (χ0v) is 32.4. The number of anilines is 1. The number of carbonyl (C=O) groups excluding carboxylic acids is 1. The van der Waals surface area contributed by atoms with Crippen molar-refractivity contribution in [2.24, 2.45) is 17.8 Å². The summed E-state index contributed by atoms with van der Waals surface area (Å²) in [6.07, 6.45) is 7.54. The second kappa shape index (κ2) is 14.9. The Hall–Kier alpha value is -2.37. The molecule has 2 aromatic carbocycles. The summed E-state index contributed by atoms with van der Waals surface area (Å²) in [5.41, 5.74) is 3.26. The number of hydrogen-bond donors (Lipinski definition) is 1. The van der Waals surface area contributed by atoms with Gasteiger partial charge in [-0.3, -0.25) is 9.69 Å². The number of fused-ring (bicyclic) bond motifs is 3. The molecule has 0 aromatic heterocycles. The molecule has 1 amide bonds. The van der Waals surface area contributed by atoms with Crippen LogP contribution in [0.3, 0.4) is 0 Å². The number of likely N-dealkylation sites (tertiary alicyclic amines) is 1. The number of likely N-dealkylation sites (N-methyl/N-ethyl adjacent to an activating group) is 1. The lowest BCUT2D eigenvalue weighted by molar-refractivity contribution is -0.151. The summed E-state index contributed by atoms with van der Waals surface area (Å²) in [6, 6.07) is 11.3. The Morgan fingerprint density at radius 2 is 1.82 bits per heavy atom. The van der Waals surface area contributed by atoms with Crippen LogP contribution < -0.4 is 14.4 Å². The van der Waals surface area contributed by atoms with E-state index in [1.54, 1.807) is 13.0 Å². The minimum absolute atomic E-state index is 0.130. The van der Waals surface area contributed by atoms with Crippen LogP contribution in [0.2, 0.25) is 5.02 Å². The van der Waals surface area contributed by atoms with E-state index in [2.05, 4.69) is 40.4 Å². The number of rotatable bonds is 4. The molecular weight excluding hydrogens is 672 g/mol. The van der Waals surface area contributed by atoms with E-state index in [-0.39, 0.29) is 17.1 Å². The number of methoxy groups -OCH3 is 1. The molecular formula is C39H57ClN4O5S. The Kier molecular flexibility index (Phi) is 11.2. The summed E-state index contributed by atoms with van der Waals surface area (Å²) in [6.45, 7) is 10.9. The predicted octanol–water partition coefficient (Wildman–Crippen LogP) is 6.38. The van der Waals surface area contributed by atoms with Gasteiger partial charge in [0.25, 0.3) is 5.91 Å². The molecule has 2 fully saturated rings.